The van der Waals surface area contributed by atoms with Crippen molar-refractivity contribution < 1.29 is 18.7 Å². The zero-order valence-corrected chi connectivity index (χ0v) is 18.7. The molecule has 0 saturated carbocycles. The lowest BCUT2D eigenvalue weighted by Gasteiger charge is -2.37. The molecular formula is C22H21ClN6O4. The second kappa shape index (κ2) is 9.34. The Morgan fingerprint density at radius 2 is 2.27 bits per heavy atom. The average molecular weight is 469 g/mol. The van der Waals surface area contributed by atoms with E-state index in [4.69, 9.17) is 26.0 Å². The molecule has 0 bridgehead atoms. The summed E-state index contributed by atoms with van der Waals surface area (Å²) in [5.41, 5.74) is 1.76. The molecule has 1 aromatic carbocycles. The van der Waals surface area contributed by atoms with Gasteiger partial charge in [0, 0.05) is 29.4 Å². The van der Waals surface area contributed by atoms with E-state index in [2.05, 4.69) is 20.6 Å². The van der Waals surface area contributed by atoms with E-state index < -0.39 is 11.9 Å². The predicted octanol–water partition coefficient (Wildman–Crippen LogP) is 2.74. The average Bonchev–Trinajstić information content (AvgIpc) is 3.21. The number of piperazine rings is 1. The van der Waals surface area contributed by atoms with Crippen LogP contribution in [0.5, 0.6) is 5.75 Å². The topological polar surface area (TPSA) is 133 Å². The minimum Gasteiger partial charge on any atom is -0.493 e. The smallest absolute Gasteiger partial charge is 0.296 e. The second-order valence-corrected chi connectivity index (χ2v) is 8.05. The van der Waals surface area contributed by atoms with E-state index in [9.17, 15) is 9.59 Å². The maximum absolute atomic E-state index is 13.3. The first-order chi connectivity index (χ1) is 15.9. The monoisotopic (exact) mass is 468 g/mol. The van der Waals surface area contributed by atoms with E-state index >= 15 is 0 Å². The molecule has 2 N–H and O–H groups in total. The number of carbonyl (C=O) groups excluding carboxylic acids is 2. The highest BCUT2D eigenvalue weighted by Crippen LogP contribution is 2.31. The van der Waals surface area contributed by atoms with E-state index in [1.54, 1.807) is 37.4 Å². The fraction of sp³-hybridized carbons (Fsp3) is 0.318. The number of nitrogens with zero attached hydrogens (tertiary/aromatic N) is 4. The van der Waals surface area contributed by atoms with Crippen LogP contribution < -0.4 is 15.4 Å². The van der Waals surface area contributed by atoms with Crippen molar-refractivity contribution in [2.75, 3.05) is 19.0 Å². The maximum atomic E-state index is 13.3. The van der Waals surface area contributed by atoms with Crippen LogP contribution in [0.3, 0.4) is 0 Å². The molecular weight excluding hydrogens is 448 g/mol. The fourth-order valence-corrected chi connectivity index (χ4v) is 3.87. The number of nitrogens with one attached hydrogen (secondary N) is 2. The number of anilines is 1. The molecule has 11 heteroatoms. The Morgan fingerprint density at radius 1 is 1.45 bits per heavy atom. The van der Waals surface area contributed by atoms with Crippen molar-refractivity contribution in [3.8, 4) is 11.8 Å². The summed E-state index contributed by atoms with van der Waals surface area (Å²) in [6, 6.07) is 7.63. The lowest BCUT2D eigenvalue weighted by atomic mass is 10.0. The van der Waals surface area contributed by atoms with Crippen molar-refractivity contribution in [2.24, 2.45) is 0 Å². The van der Waals surface area contributed by atoms with Crippen molar-refractivity contribution >= 4 is 40.5 Å². The summed E-state index contributed by atoms with van der Waals surface area (Å²) in [4.78, 5) is 35.7. The summed E-state index contributed by atoms with van der Waals surface area (Å²) in [5.74, 6) is -0.416. The summed E-state index contributed by atoms with van der Waals surface area (Å²) in [6.45, 7) is 2.42. The standard InChI is InChI=1S/C22H21ClN6O4/c1-12-11-29(17(3-5-24)20(30)27-12)21(31)13-7-16-19(18(8-13)32-2)33-22(28-16)26-10-15-9-14(23)4-6-25-15/h4,6-9,12,17H,3,10-11H2,1-2H3,(H,26,28)(H,27,30). The Morgan fingerprint density at radius 3 is 3.00 bits per heavy atom. The summed E-state index contributed by atoms with van der Waals surface area (Å²) in [7, 11) is 1.46. The Kier molecular flexibility index (Phi) is 6.33. The number of aromatic nitrogens is 2. The van der Waals surface area contributed by atoms with Crippen molar-refractivity contribution in [3.05, 3.63) is 46.7 Å². The largest absolute Gasteiger partial charge is 0.493 e. The highest BCUT2D eigenvalue weighted by Gasteiger charge is 2.36. The van der Waals surface area contributed by atoms with Crippen LogP contribution in [0, 0.1) is 11.3 Å². The van der Waals surface area contributed by atoms with Gasteiger partial charge in [-0.15, -0.1) is 0 Å². The Labute approximate surface area is 194 Å². The summed E-state index contributed by atoms with van der Waals surface area (Å²) >= 11 is 5.99. The van der Waals surface area contributed by atoms with Gasteiger partial charge in [0.2, 0.25) is 5.91 Å². The number of hydrogen-bond acceptors (Lipinski definition) is 8. The molecule has 33 heavy (non-hydrogen) atoms. The van der Waals surface area contributed by atoms with E-state index in [1.165, 1.54) is 12.0 Å². The number of oxazole rings is 1. The van der Waals surface area contributed by atoms with Gasteiger partial charge < -0.3 is 24.7 Å². The molecule has 0 radical (unpaired) electrons. The molecule has 10 nitrogen and oxygen atoms in total. The van der Waals surface area contributed by atoms with E-state index in [0.29, 0.717) is 34.1 Å². The number of methoxy groups -OCH3 is 1. The van der Waals surface area contributed by atoms with E-state index in [-0.39, 0.29) is 36.5 Å². The Hall–Kier alpha value is -3.84. The molecule has 4 rings (SSSR count). The number of hydrogen-bond donors (Lipinski definition) is 2. The lowest BCUT2D eigenvalue weighted by molar-refractivity contribution is -0.128. The van der Waals surface area contributed by atoms with E-state index in [0.717, 1.165) is 0 Å². The van der Waals surface area contributed by atoms with Crippen LogP contribution in [0.1, 0.15) is 29.4 Å². The zero-order valence-electron chi connectivity index (χ0n) is 18.0. The summed E-state index contributed by atoms with van der Waals surface area (Å²) in [6.07, 6.45) is 1.51. The minimum atomic E-state index is -0.861. The number of amides is 2. The highest BCUT2D eigenvalue weighted by molar-refractivity contribution is 6.30. The highest BCUT2D eigenvalue weighted by atomic mass is 35.5. The summed E-state index contributed by atoms with van der Waals surface area (Å²) < 4.78 is 11.2. The van der Waals surface area contributed by atoms with Gasteiger partial charge in [0.15, 0.2) is 11.3 Å². The van der Waals surface area contributed by atoms with Gasteiger partial charge in [0.1, 0.15) is 11.6 Å². The SMILES string of the molecule is COc1cc(C(=O)N2CC(C)NC(=O)C2CC#N)cc2nc(NCc3cc(Cl)ccn3)oc12. The van der Waals surface area contributed by atoms with Gasteiger partial charge in [0.25, 0.3) is 11.9 Å². The van der Waals surface area contributed by atoms with Crippen LogP contribution in [-0.4, -0.2) is 52.4 Å². The normalized spacial score (nSPS) is 18.0. The third-order valence-electron chi connectivity index (χ3n) is 5.21. The number of carbonyl (C=O) groups is 2. The van der Waals surface area contributed by atoms with Crippen molar-refractivity contribution in [3.63, 3.8) is 0 Å². The van der Waals surface area contributed by atoms with Crippen LogP contribution in [0.4, 0.5) is 6.01 Å². The van der Waals surface area contributed by atoms with Crippen molar-refractivity contribution in [2.45, 2.75) is 32.0 Å². The third-order valence-corrected chi connectivity index (χ3v) is 5.44. The van der Waals surface area contributed by atoms with Crippen LogP contribution in [0.15, 0.2) is 34.9 Å². The number of benzene rings is 1. The molecule has 1 aliphatic heterocycles. The van der Waals surface area contributed by atoms with E-state index in [1.807, 2.05) is 6.07 Å². The van der Waals surface area contributed by atoms with Crippen molar-refractivity contribution in [1.82, 2.24) is 20.2 Å². The Bertz CT molecular complexity index is 1250. The number of ether oxygens (including phenoxy) is 1. The van der Waals surface area contributed by atoms with Gasteiger partial charge in [-0.25, -0.2) is 0 Å². The van der Waals surface area contributed by atoms with Gasteiger partial charge in [-0.2, -0.15) is 10.2 Å². The number of halogens is 1. The minimum absolute atomic E-state index is 0.0980. The molecule has 2 atom stereocenters. The van der Waals surface area contributed by atoms with Crippen LogP contribution in [0.2, 0.25) is 5.02 Å². The van der Waals surface area contributed by atoms with Gasteiger partial charge >= 0.3 is 0 Å². The van der Waals surface area contributed by atoms with Gasteiger partial charge in [-0.1, -0.05) is 11.6 Å². The van der Waals surface area contributed by atoms with Crippen molar-refractivity contribution in [1.29, 1.82) is 5.26 Å². The lowest BCUT2D eigenvalue weighted by Crippen LogP contribution is -2.60. The van der Waals surface area contributed by atoms with Gasteiger partial charge in [-0.3, -0.25) is 14.6 Å². The molecule has 1 aliphatic rings. The van der Waals surface area contributed by atoms with Crippen LogP contribution >= 0.6 is 11.6 Å². The first-order valence-electron chi connectivity index (χ1n) is 10.2. The molecule has 0 aliphatic carbocycles. The Balaban J connectivity index is 1.62. The number of fused-ring (bicyclic) bond motifs is 1. The van der Waals surface area contributed by atoms with Gasteiger partial charge in [-0.05, 0) is 31.2 Å². The molecule has 2 aromatic heterocycles. The summed E-state index contributed by atoms with van der Waals surface area (Å²) in [5, 5.41) is 15.5. The first kappa shape index (κ1) is 22.4. The molecule has 2 unspecified atom stereocenters. The molecule has 1 fully saturated rings. The molecule has 3 heterocycles. The van der Waals surface area contributed by atoms with Crippen LogP contribution in [-0.2, 0) is 11.3 Å². The zero-order chi connectivity index (χ0) is 23.5. The maximum Gasteiger partial charge on any atom is 0.296 e. The third kappa shape index (κ3) is 4.68. The van der Waals surface area contributed by atoms with Crippen LogP contribution in [0.25, 0.3) is 11.1 Å². The molecule has 0 spiro atoms. The molecule has 170 valence electrons. The molecule has 2 amide bonds. The molecule has 3 aromatic rings. The number of nitriles is 1. The predicted molar refractivity (Wildman–Crippen MR) is 120 cm³/mol. The fourth-order valence-electron chi connectivity index (χ4n) is 3.69. The molecule has 1 saturated heterocycles. The second-order valence-electron chi connectivity index (χ2n) is 7.61. The number of pyridine rings is 1. The number of rotatable bonds is 6. The first-order valence-corrected chi connectivity index (χ1v) is 10.6. The van der Waals surface area contributed by atoms with Gasteiger partial charge in [0.05, 0.1) is 31.8 Å². The quantitative estimate of drug-likeness (QED) is 0.564.